The van der Waals surface area contributed by atoms with E-state index in [4.69, 9.17) is 5.11 Å². The van der Waals surface area contributed by atoms with Crippen molar-refractivity contribution >= 4 is 33.3 Å². The fraction of sp³-hybridized carbons (Fsp3) is 0.462. The van der Waals surface area contributed by atoms with Crippen LogP contribution in [0.3, 0.4) is 0 Å². The minimum Gasteiger partial charge on any atom is -0.481 e. The first kappa shape index (κ1) is 14.8. The van der Waals surface area contributed by atoms with Gasteiger partial charge in [-0.05, 0) is 28.9 Å². The molecule has 1 aliphatic rings. The predicted octanol–water partition coefficient (Wildman–Crippen LogP) is 2.82. The van der Waals surface area contributed by atoms with Crippen molar-refractivity contribution in [3.8, 4) is 0 Å². The molecule has 1 aromatic rings. The number of anilines is 1. The van der Waals surface area contributed by atoms with E-state index >= 15 is 0 Å². The van der Waals surface area contributed by atoms with Crippen LogP contribution in [0.15, 0.2) is 16.6 Å². The van der Waals surface area contributed by atoms with Crippen LogP contribution in [0.5, 0.6) is 0 Å². The minimum absolute atomic E-state index is 0.0802. The summed E-state index contributed by atoms with van der Waals surface area (Å²) in [5.41, 5.74) is 1.56. The number of aliphatic carboxylic acids is 1. The van der Waals surface area contributed by atoms with Crippen molar-refractivity contribution in [2.75, 3.05) is 18.0 Å². The average molecular weight is 343 g/mol. The molecule has 0 amide bonds. The third-order valence-corrected chi connectivity index (χ3v) is 4.44. The molecular weight excluding hydrogens is 328 g/mol. The van der Waals surface area contributed by atoms with Gasteiger partial charge in [0.2, 0.25) is 0 Å². The van der Waals surface area contributed by atoms with E-state index in [9.17, 15) is 14.9 Å². The van der Waals surface area contributed by atoms with Crippen LogP contribution in [0.4, 0.5) is 11.4 Å². The third-order valence-electron chi connectivity index (χ3n) is 3.81. The van der Waals surface area contributed by atoms with Crippen LogP contribution in [0.2, 0.25) is 0 Å². The highest BCUT2D eigenvalue weighted by molar-refractivity contribution is 9.10. The molecule has 1 unspecified atom stereocenters. The molecule has 6 nitrogen and oxygen atoms in total. The predicted molar refractivity (Wildman–Crippen MR) is 78.0 cm³/mol. The summed E-state index contributed by atoms with van der Waals surface area (Å²) in [6.07, 6.45) is 0. The van der Waals surface area contributed by atoms with Gasteiger partial charge < -0.3 is 10.0 Å². The number of nitro groups is 1. The molecule has 0 saturated carbocycles. The lowest BCUT2D eigenvalue weighted by Gasteiger charge is -2.43. The number of aryl methyl sites for hydroxylation is 1. The van der Waals surface area contributed by atoms with Crippen molar-refractivity contribution in [1.82, 2.24) is 0 Å². The summed E-state index contributed by atoms with van der Waals surface area (Å²) < 4.78 is 0.663. The number of carbonyl (C=O) groups is 1. The van der Waals surface area contributed by atoms with Crippen LogP contribution >= 0.6 is 15.9 Å². The molecule has 108 valence electrons. The van der Waals surface area contributed by atoms with Gasteiger partial charge in [-0.2, -0.15) is 0 Å². The lowest BCUT2D eigenvalue weighted by molar-refractivity contribution is -0.385. The van der Waals surface area contributed by atoms with Crippen LogP contribution in [0.25, 0.3) is 0 Å². The summed E-state index contributed by atoms with van der Waals surface area (Å²) in [5, 5.41) is 19.8. The van der Waals surface area contributed by atoms with Crippen molar-refractivity contribution < 1.29 is 14.8 Å². The van der Waals surface area contributed by atoms with Crippen molar-refractivity contribution in [3.05, 3.63) is 32.3 Å². The van der Waals surface area contributed by atoms with E-state index in [0.29, 0.717) is 23.1 Å². The van der Waals surface area contributed by atoms with E-state index in [1.165, 1.54) is 6.07 Å². The number of hydrogen-bond acceptors (Lipinski definition) is 4. The number of hydrogen-bond donors (Lipinski definition) is 1. The van der Waals surface area contributed by atoms with Gasteiger partial charge >= 0.3 is 5.97 Å². The van der Waals surface area contributed by atoms with Gasteiger partial charge in [0.05, 0.1) is 16.5 Å². The van der Waals surface area contributed by atoms with Crippen molar-refractivity contribution in [3.63, 3.8) is 0 Å². The second kappa shape index (κ2) is 5.40. The summed E-state index contributed by atoms with van der Waals surface area (Å²) >= 11 is 3.35. The van der Waals surface area contributed by atoms with Crippen molar-refractivity contribution in [1.29, 1.82) is 0 Å². The Morgan fingerprint density at radius 3 is 2.65 bits per heavy atom. The van der Waals surface area contributed by atoms with E-state index < -0.39 is 10.9 Å². The Labute approximate surface area is 124 Å². The van der Waals surface area contributed by atoms with Crippen LogP contribution in [0.1, 0.15) is 12.5 Å². The number of halogens is 1. The molecule has 2 rings (SSSR count). The van der Waals surface area contributed by atoms with E-state index in [-0.39, 0.29) is 17.5 Å². The van der Waals surface area contributed by atoms with Gasteiger partial charge in [0.15, 0.2) is 0 Å². The van der Waals surface area contributed by atoms with Gasteiger partial charge in [0.25, 0.3) is 5.69 Å². The second-order valence-corrected chi connectivity index (χ2v) is 5.99. The Hall–Kier alpha value is -1.63. The number of rotatable bonds is 4. The zero-order valence-corrected chi connectivity index (χ0v) is 12.8. The quantitative estimate of drug-likeness (QED) is 0.671. The largest absolute Gasteiger partial charge is 0.481 e. The fourth-order valence-corrected chi connectivity index (χ4v) is 2.90. The Balaban J connectivity index is 2.15. The summed E-state index contributed by atoms with van der Waals surface area (Å²) in [5.74, 6) is -1.03. The maximum absolute atomic E-state index is 10.9. The molecular formula is C13H15BrN2O4. The molecule has 7 heteroatoms. The molecule has 0 aromatic heterocycles. The fourth-order valence-electron chi connectivity index (χ4n) is 2.32. The third kappa shape index (κ3) is 2.63. The van der Waals surface area contributed by atoms with E-state index in [0.717, 1.165) is 5.69 Å². The number of carboxylic acids is 1. The van der Waals surface area contributed by atoms with E-state index in [2.05, 4.69) is 15.9 Å². The van der Waals surface area contributed by atoms with Crippen LogP contribution < -0.4 is 4.90 Å². The minimum atomic E-state index is -0.784. The second-order valence-electron chi connectivity index (χ2n) is 5.14. The maximum atomic E-state index is 10.9. The Bertz CT molecular complexity index is 570. The molecule has 0 aliphatic carbocycles. The summed E-state index contributed by atoms with van der Waals surface area (Å²) in [7, 11) is 0. The molecule has 1 aromatic carbocycles. The Morgan fingerprint density at radius 1 is 1.55 bits per heavy atom. The molecule has 1 atom stereocenters. The number of benzene rings is 1. The van der Waals surface area contributed by atoms with E-state index in [1.807, 2.05) is 4.90 Å². The Kier molecular flexibility index (Phi) is 3.99. The molecule has 1 saturated heterocycles. The topological polar surface area (TPSA) is 83.7 Å². The first-order valence-corrected chi connectivity index (χ1v) is 7.03. The molecule has 0 radical (unpaired) electrons. The first-order chi connectivity index (χ1) is 9.31. The molecule has 0 spiro atoms. The van der Waals surface area contributed by atoms with Crippen molar-refractivity contribution in [2.45, 2.75) is 13.8 Å². The smallest absolute Gasteiger partial charge is 0.306 e. The highest BCUT2D eigenvalue weighted by Gasteiger charge is 2.35. The molecule has 1 aliphatic heterocycles. The zero-order chi connectivity index (χ0) is 15.0. The van der Waals surface area contributed by atoms with Crippen molar-refractivity contribution in [2.24, 2.45) is 11.8 Å². The number of carboxylic acid groups (broad SMARTS) is 1. The zero-order valence-electron chi connectivity index (χ0n) is 11.2. The van der Waals surface area contributed by atoms with Crippen LogP contribution in [-0.2, 0) is 4.79 Å². The van der Waals surface area contributed by atoms with Gasteiger partial charge in [0, 0.05) is 35.1 Å². The highest BCUT2D eigenvalue weighted by Crippen LogP contribution is 2.37. The molecule has 1 N–H and O–H groups in total. The first-order valence-electron chi connectivity index (χ1n) is 6.23. The SMILES string of the molecule is Cc1cc(N2CC(C(C)C(=O)O)C2)c(Br)cc1[N+](=O)[O-]. The molecule has 20 heavy (non-hydrogen) atoms. The number of nitrogens with zero attached hydrogens (tertiary/aromatic N) is 2. The standard InChI is InChI=1S/C13H15BrN2O4/c1-7-3-12(10(14)4-11(7)16(19)20)15-5-9(6-15)8(2)13(17)18/h3-4,8-9H,5-6H2,1-2H3,(H,17,18). The maximum Gasteiger partial charge on any atom is 0.306 e. The summed E-state index contributed by atoms with van der Waals surface area (Å²) in [4.78, 5) is 23.4. The Morgan fingerprint density at radius 2 is 2.15 bits per heavy atom. The lowest BCUT2D eigenvalue weighted by Crippen LogP contribution is -2.51. The van der Waals surface area contributed by atoms with Gasteiger partial charge in [-0.25, -0.2) is 0 Å². The molecule has 0 bridgehead atoms. The lowest BCUT2D eigenvalue weighted by atomic mass is 9.86. The summed E-state index contributed by atoms with van der Waals surface area (Å²) in [6.45, 7) is 4.72. The van der Waals surface area contributed by atoms with Gasteiger partial charge in [-0.3, -0.25) is 14.9 Å². The van der Waals surface area contributed by atoms with Crippen LogP contribution in [-0.4, -0.2) is 29.1 Å². The number of nitro benzene ring substituents is 1. The van der Waals surface area contributed by atoms with Gasteiger partial charge in [-0.1, -0.05) is 6.92 Å². The van der Waals surface area contributed by atoms with Gasteiger partial charge in [-0.15, -0.1) is 0 Å². The summed E-state index contributed by atoms with van der Waals surface area (Å²) in [6, 6.07) is 3.27. The van der Waals surface area contributed by atoms with E-state index in [1.54, 1.807) is 19.9 Å². The highest BCUT2D eigenvalue weighted by atomic mass is 79.9. The normalized spacial score (nSPS) is 16.6. The molecule has 1 fully saturated rings. The van der Waals surface area contributed by atoms with Crippen LogP contribution in [0, 0.1) is 28.9 Å². The van der Waals surface area contributed by atoms with Gasteiger partial charge in [0.1, 0.15) is 0 Å². The average Bonchev–Trinajstić information content (AvgIpc) is 2.30. The monoisotopic (exact) mass is 342 g/mol. The molecule has 1 heterocycles.